The Morgan fingerprint density at radius 2 is 1.70 bits per heavy atom. The Morgan fingerprint density at radius 1 is 1.13 bits per heavy atom. The number of hydrogen-bond acceptors (Lipinski definition) is 4. The van der Waals surface area contributed by atoms with Gasteiger partial charge >= 0.3 is 5.97 Å². The van der Waals surface area contributed by atoms with Gasteiger partial charge in [-0.3, -0.25) is 9.59 Å². The number of amides is 1. The lowest BCUT2D eigenvalue weighted by Gasteiger charge is -2.26. The zero-order valence-electron chi connectivity index (χ0n) is 12.9. The summed E-state index contributed by atoms with van der Waals surface area (Å²) in [7, 11) is -2.15. The molecule has 23 heavy (non-hydrogen) atoms. The highest BCUT2D eigenvalue weighted by molar-refractivity contribution is 7.89. The molecule has 1 aromatic carbocycles. The van der Waals surface area contributed by atoms with Crippen molar-refractivity contribution in [1.82, 2.24) is 9.21 Å². The van der Waals surface area contributed by atoms with Gasteiger partial charge in [-0.1, -0.05) is 6.42 Å². The number of carbonyl (C=O) groups is 2. The maximum absolute atomic E-state index is 12.5. The number of carboxylic acids is 1. The van der Waals surface area contributed by atoms with Crippen molar-refractivity contribution >= 4 is 21.9 Å². The van der Waals surface area contributed by atoms with Gasteiger partial charge in [0.25, 0.3) is 5.91 Å². The zero-order chi connectivity index (χ0) is 17.0. The van der Waals surface area contributed by atoms with Crippen molar-refractivity contribution in [2.24, 2.45) is 0 Å². The first-order chi connectivity index (χ1) is 10.8. The number of likely N-dealkylation sites (N-methyl/N-ethyl adjacent to an activating group) is 1. The highest BCUT2D eigenvalue weighted by Crippen LogP contribution is 2.21. The van der Waals surface area contributed by atoms with Gasteiger partial charge in [0.15, 0.2) is 0 Å². The summed E-state index contributed by atoms with van der Waals surface area (Å²) in [6, 6.07) is 5.62. The minimum atomic E-state index is -3.53. The summed E-state index contributed by atoms with van der Waals surface area (Å²) in [6.45, 7) is 0.626. The molecule has 0 saturated carbocycles. The number of carboxylic acid groups (broad SMARTS) is 1. The monoisotopic (exact) mass is 340 g/mol. The van der Waals surface area contributed by atoms with Crippen molar-refractivity contribution in [3.8, 4) is 0 Å². The summed E-state index contributed by atoms with van der Waals surface area (Å²) < 4.78 is 26.5. The van der Waals surface area contributed by atoms with Gasteiger partial charge in [0.05, 0.1) is 4.90 Å². The fourth-order valence-electron chi connectivity index (χ4n) is 2.52. The van der Waals surface area contributed by atoms with Crippen LogP contribution < -0.4 is 0 Å². The molecule has 1 N–H and O–H groups in total. The molecule has 0 unspecified atom stereocenters. The van der Waals surface area contributed by atoms with E-state index in [-0.39, 0.29) is 10.5 Å². The van der Waals surface area contributed by atoms with Crippen LogP contribution in [0.5, 0.6) is 0 Å². The van der Waals surface area contributed by atoms with Crippen LogP contribution in [0.25, 0.3) is 0 Å². The molecule has 1 aromatic rings. The molecule has 1 amide bonds. The number of benzene rings is 1. The van der Waals surface area contributed by atoms with Gasteiger partial charge in [-0.15, -0.1) is 0 Å². The average molecular weight is 340 g/mol. The predicted molar refractivity (Wildman–Crippen MR) is 83.6 cm³/mol. The second-order valence-electron chi connectivity index (χ2n) is 5.54. The summed E-state index contributed by atoms with van der Waals surface area (Å²) in [6.07, 6.45) is 2.75. The van der Waals surface area contributed by atoms with Crippen molar-refractivity contribution in [3.63, 3.8) is 0 Å². The SMILES string of the molecule is CN(CC(=O)O)C(=O)c1ccc(S(=O)(=O)N2CCCCC2)cc1. The minimum Gasteiger partial charge on any atom is -0.480 e. The van der Waals surface area contributed by atoms with Crippen LogP contribution >= 0.6 is 0 Å². The minimum absolute atomic E-state index is 0.150. The van der Waals surface area contributed by atoms with Crippen LogP contribution in [-0.4, -0.2) is 61.3 Å². The van der Waals surface area contributed by atoms with E-state index in [0.717, 1.165) is 24.2 Å². The van der Waals surface area contributed by atoms with Crippen LogP contribution in [0.15, 0.2) is 29.2 Å². The standard InChI is InChI=1S/C15H20N2O5S/c1-16(11-14(18)19)15(20)12-5-7-13(8-6-12)23(21,22)17-9-3-2-4-10-17/h5-8H,2-4,9-11H2,1H3,(H,18,19). The van der Waals surface area contributed by atoms with E-state index in [1.807, 2.05) is 0 Å². The molecule has 2 rings (SSSR count). The topological polar surface area (TPSA) is 95.0 Å². The third kappa shape index (κ3) is 4.08. The van der Waals surface area contributed by atoms with Gasteiger partial charge in [-0.05, 0) is 37.1 Å². The molecule has 1 heterocycles. The summed E-state index contributed by atoms with van der Waals surface area (Å²) in [4.78, 5) is 23.9. The summed E-state index contributed by atoms with van der Waals surface area (Å²) in [5, 5.41) is 8.70. The van der Waals surface area contributed by atoms with Crippen LogP contribution in [-0.2, 0) is 14.8 Å². The van der Waals surface area contributed by atoms with Gasteiger partial charge in [0, 0.05) is 25.7 Å². The smallest absolute Gasteiger partial charge is 0.323 e. The number of nitrogens with zero attached hydrogens (tertiary/aromatic N) is 2. The highest BCUT2D eigenvalue weighted by atomic mass is 32.2. The second kappa shape index (κ2) is 7.10. The molecule has 1 aliphatic rings. The third-order valence-electron chi connectivity index (χ3n) is 3.77. The van der Waals surface area contributed by atoms with Crippen LogP contribution in [0.3, 0.4) is 0 Å². The maximum Gasteiger partial charge on any atom is 0.323 e. The Bertz CT molecular complexity index is 678. The zero-order valence-corrected chi connectivity index (χ0v) is 13.8. The average Bonchev–Trinajstić information content (AvgIpc) is 2.54. The van der Waals surface area contributed by atoms with Crippen molar-refractivity contribution in [2.75, 3.05) is 26.7 Å². The molecule has 1 aliphatic heterocycles. The second-order valence-corrected chi connectivity index (χ2v) is 7.48. The van der Waals surface area contributed by atoms with Crippen LogP contribution in [0.4, 0.5) is 0 Å². The molecule has 0 radical (unpaired) electrons. The van der Waals surface area contributed by atoms with E-state index in [9.17, 15) is 18.0 Å². The van der Waals surface area contributed by atoms with Gasteiger partial charge in [0.2, 0.25) is 10.0 Å². The number of rotatable bonds is 5. The summed E-state index contributed by atoms with van der Waals surface area (Å²) >= 11 is 0. The van der Waals surface area contributed by atoms with Gasteiger partial charge in [-0.25, -0.2) is 8.42 Å². The number of aliphatic carboxylic acids is 1. The molecule has 7 nitrogen and oxygen atoms in total. The quantitative estimate of drug-likeness (QED) is 0.863. The maximum atomic E-state index is 12.5. The Hall–Kier alpha value is -1.93. The molecule has 1 fully saturated rings. The van der Waals surface area contributed by atoms with Crippen LogP contribution in [0, 0.1) is 0 Å². The number of hydrogen-bond donors (Lipinski definition) is 1. The summed E-state index contributed by atoms with van der Waals surface area (Å²) in [5.74, 6) is -1.57. The van der Waals surface area contributed by atoms with E-state index in [0.29, 0.717) is 13.1 Å². The molecule has 0 atom stereocenters. The van der Waals surface area contributed by atoms with Crippen LogP contribution in [0.1, 0.15) is 29.6 Å². The Kier molecular flexibility index (Phi) is 5.38. The van der Waals surface area contributed by atoms with E-state index < -0.39 is 28.4 Å². The molecular weight excluding hydrogens is 320 g/mol. The normalized spacial score (nSPS) is 16.0. The highest BCUT2D eigenvalue weighted by Gasteiger charge is 2.26. The van der Waals surface area contributed by atoms with Crippen LogP contribution in [0.2, 0.25) is 0 Å². The number of carbonyl (C=O) groups excluding carboxylic acids is 1. The van der Waals surface area contributed by atoms with E-state index in [2.05, 4.69) is 0 Å². The number of piperidine rings is 1. The summed E-state index contributed by atoms with van der Waals surface area (Å²) in [5.41, 5.74) is 0.256. The molecule has 0 spiro atoms. The lowest BCUT2D eigenvalue weighted by atomic mass is 10.2. The van der Waals surface area contributed by atoms with E-state index in [4.69, 9.17) is 5.11 Å². The van der Waals surface area contributed by atoms with Crippen molar-refractivity contribution in [1.29, 1.82) is 0 Å². The van der Waals surface area contributed by atoms with Gasteiger partial charge < -0.3 is 10.0 Å². The molecule has 0 bridgehead atoms. The molecular formula is C15H20N2O5S. The lowest BCUT2D eigenvalue weighted by molar-refractivity contribution is -0.137. The van der Waals surface area contributed by atoms with Crippen molar-refractivity contribution in [3.05, 3.63) is 29.8 Å². The van der Waals surface area contributed by atoms with Crippen molar-refractivity contribution < 1.29 is 23.1 Å². The molecule has 0 aromatic heterocycles. The number of sulfonamides is 1. The molecule has 126 valence electrons. The molecule has 0 aliphatic carbocycles. The van der Waals surface area contributed by atoms with Gasteiger partial charge in [0.1, 0.15) is 6.54 Å². The van der Waals surface area contributed by atoms with E-state index in [1.54, 1.807) is 0 Å². The third-order valence-corrected chi connectivity index (χ3v) is 5.69. The van der Waals surface area contributed by atoms with Crippen molar-refractivity contribution in [2.45, 2.75) is 24.2 Å². The Morgan fingerprint density at radius 3 is 2.22 bits per heavy atom. The fourth-order valence-corrected chi connectivity index (χ4v) is 4.04. The van der Waals surface area contributed by atoms with E-state index >= 15 is 0 Å². The largest absolute Gasteiger partial charge is 0.480 e. The first-order valence-corrected chi connectivity index (χ1v) is 8.84. The Labute approximate surface area is 135 Å². The predicted octanol–water partition coefficient (Wildman–Crippen LogP) is 1.02. The Balaban J connectivity index is 2.15. The molecule has 8 heteroatoms. The van der Waals surface area contributed by atoms with E-state index in [1.165, 1.54) is 35.6 Å². The first kappa shape index (κ1) is 17.4. The fraction of sp³-hybridized carbons (Fsp3) is 0.467. The first-order valence-electron chi connectivity index (χ1n) is 7.40. The lowest BCUT2D eigenvalue weighted by Crippen LogP contribution is -2.35. The van der Waals surface area contributed by atoms with Gasteiger partial charge in [-0.2, -0.15) is 4.31 Å². The molecule has 1 saturated heterocycles.